The van der Waals surface area contributed by atoms with Gasteiger partial charge in [0, 0.05) is 22.2 Å². The molecule has 2 heterocycles. The minimum Gasteiger partial charge on any atom is -0.512 e. The molecule has 2 aromatic heterocycles. The van der Waals surface area contributed by atoms with Crippen LogP contribution in [-0.2, 0) is 9.53 Å². The van der Waals surface area contributed by atoms with Crippen molar-refractivity contribution >= 4 is 33.9 Å². The lowest BCUT2D eigenvalue weighted by Gasteiger charge is -2.14. The summed E-state index contributed by atoms with van der Waals surface area (Å²) in [7, 11) is 0. The number of rotatable bonds is 4. The van der Waals surface area contributed by atoms with Crippen LogP contribution in [0.1, 0.15) is 19.4 Å². The highest BCUT2D eigenvalue weighted by atomic mass is 35.5. The minimum absolute atomic E-state index is 0.0619. The average molecular weight is 386 g/mol. The van der Waals surface area contributed by atoms with Crippen molar-refractivity contribution in [2.24, 2.45) is 0 Å². The molecule has 3 aromatic rings. The molecule has 0 aliphatic rings. The first-order valence-corrected chi connectivity index (χ1v) is 8.57. The van der Waals surface area contributed by atoms with Gasteiger partial charge in [0.2, 0.25) is 0 Å². The molecule has 27 heavy (non-hydrogen) atoms. The van der Waals surface area contributed by atoms with E-state index in [1.165, 1.54) is 19.2 Å². The van der Waals surface area contributed by atoms with E-state index in [-0.39, 0.29) is 34.6 Å². The van der Waals surface area contributed by atoms with Gasteiger partial charge in [0.05, 0.1) is 12.0 Å². The average Bonchev–Trinajstić information content (AvgIpc) is 2.64. The van der Waals surface area contributed by atoms with E-state index in [1.807, 2.05) is 0 Å². The second-order valence-electron chi connectivity index (χ2n) is 5.68. The fraction of sp³-hybridized carbons (Fsp3) is 0.150. The molecule has 6 nitrogen and oxygen atoms in total. The van der Waals surface area contributed by atoms with Crippen LogP contribution in [0.3, 0.4) is 0 Å². The Balaban J connectivity index is 2.47. The van der Waals surface area contributed by atoms with E-state index >= 15 is 0 Å². The molecule has 0 amide bonds. The Kier molecular flexibility index (Phi) is 5.28. The maximum absolute atomic E-state index is 12.6. The van der Waals surface area contributed by atoms with E-state index in [0.29, 0.717) is 16.1 Å². The van der Waals surface area contributed by atoms with Gasteiger partial charge < -0.3 is 14.3 Å². The SMILES string of the molecule is CCOC(=O)/C(=C(\C)O)c1c(-c2ccccn2)oc(=O)c2cc(Cl)ccc12. The third-order valence-corrected chi connectivity index (χ3v) is 4.12. The maximum atomic E-state index is 12.6. The molecule has 0 saturated heterocycles. The van der Waals surface area contributed by atoms with Gasteiger partial charge in [-0.05, 0) is 38.1 Å². The Labute approximate surface area is 159 Å². The predicted molar refractivity (Wildman–Crippen MR) is 103 cm³/mol. The van der Waals surface area contributed by atoms with Crippen LogP contribution in [0, 0.1) is 0 Å². The number of aliphatic hydroxyl groups excluding tert-OH is 1. The minimum atomic E-state index is -0.736. The zero-order valence-electron chi connectivity index (χ0n) is 14.7. The van der Waals surface area contributed by atoms with Crippen molar-refractivity contribution in [3.05, 3.63) is 69.4 Å². The first-order valence-electron chi connectivity index (χ1n) is 8.19. The second-order valence-corrected chi connectivity index (χ2v) is 6.12. The van der Waals surface area contributed by atoms with Crippen molar-refractivity contribution in [1.29, 1.82) is 0 Å². The molecule has 0 bridgehead atoms. The van der Waals surface area contributed by atoms with Gasteiger partial charge in [-0.25, -0.2) is 9.59 Å². The molecule has 138 valence electrons. The summed E-state index contributed by atoms with van der Waals surface area (Å²) in [6.45, 7) is 3.14. The molecular formula is C20H16ClNO5. The van der Waals surface area contributed by atoms with Gasteiger partial charge >= 0.3 is 11.6 Å². The zero-order valence-corrected chi connectivity index (χ0v) is 15.4. The standard InChI is InChI=1S/C20H16ClNO5/c1-3-26-20(25)16(11(2)23)17-13-8-7-12(21)10-14(13)19(24)27-18(17)15-6-4-5-9-22-15/h4-10,23H,3H2,1-2H3/b16-11+. The first kappa shape index (κ1) is 18.7. The van der Waals surface area contributed by atoms with Crippen molar-refractivity contribution < 1.29 is 19.1 Å². The van der Waals surface area contributed by atoms with Crippen LogP contribution in [0.15, 0.2) is 57.6 Å². The molecular weight excluding hydrogens is 370 g/mol. The van der Waals surface area contributed by atoms with Crippen LogP contribution in [-0.4, -0.2) is 22.7 Å². The maximum Gasteiger partial charge on any atom is 0.344 e. The summed E-state index contributed by atoms with van der Waals surface area (Å²) in [6, 6.07) is 9.70. The summed E-state index contributed by atoms with van der Waals surface area (Å²) < 4.78 is 10.6. The van der Waals surface area contributed by atoms with Gasteiger partial charge in [-0.1, -0.05) is 23.7 Å². The Morgan fingerprint density at radius 1 is 1.26 bits per heavy atom. The topological polar surface area (TPSA) is 89.6 Å². The number of aromatic nitrogens is 1. The van der Waals surface area contributed by atoms with Gasteiger partial charge in [-0.2, -0.15) is 0 Å². The van der Waals surface area contributed by atoms with Gasteiger partial charge in [-0.3, -0.25) is 4.98 Å². The molecule has 0 aliphatic carbocycles. The highest BCUT2D eigenvalue weighted by Crippen LogP contribution is 2.35. The second kappa shape index (κ2) is 7.63. The number of esters is 1. The fourth-order valence-corrected chi connectivity index (χ4v) is 2.96. The Morgan fingerprint density at radius 2 is 2.04 bits per heavy atom. The first-order chi connectivity index (χ1) is 12.9. The Hall–Kier alpha value is -3.12. The van der Waals surface area contributed by atoms with Gasteiger partial charge in [0.1, 0.15) is 17.0 Å². The van der Waals surface area contributed by atoms with Crippen LogP contribution in [0.4, 0.5) is 0 Å². The molecule has 3 rings (SSSR count). The van der Waals surface area contributed by atoms with E-state index in [1.54, 1.807) is 37.3 Å². The number of benzene rings is 1. The van der Waals surface area contributed by atoms with Crippen molar-refractivity contribution in [3.8, 4) is 11.5 Å². The molecule has 0 spiro atoms. The van der Waals surface area contributed by atoms with Crippen LogP contribution in [0.5, 0.6) is 0 Å². The Bertz CT molecular complexity index is 1100. The summed E-state index contributed by atoms with van der Waals surface area (Å²) >= 11 is 6.01. The highest BCUT2D eigenvalue weighted by Gasteiger charge is 2.27. The Morgan fingerprint density at radius 3 is 2.67 bits per heavy atom. The van der Waals surface area contributed by atoms with Gasteiger partial charge in [0.25, 0.3) is 0 Å². The number of fused-ring (bicyclic) bond motifs is 1. The number of aliphatic hydroxyl groups is 1. The smallest absolute Gasteiger partial charge is 0.344 e. The lowest BCUT2D eigenvalue weighted by Crippen LogP contribution is -2.13. The molecule has 0 fully saturated rings. The summed E-state index contributed by atoms with van der Waals surface area (Å²) in [5.41, 5.74) is -0.174. The number of nitrogens with zero attached hydrogens (tertiary/aromatic N) is 1. The van der Waals surface area contributed by atoms with Crippen LogP contribution < -0.4 is 5.63 Å². The number of ether oxygens (including phenoxy) is 1. The van der Waals surface area contributed by atoms with E-state index in [9.17, 15) is 14.7 Å². The summed E-state index contributed by atoms with van der Waals surface area (Å²) in [6.07, 6.45) is 1.53. The normalized spacial score (nSPS) is 12.0. The fourth-order valence-electron chi connectivity index (χ4n) is 2.78. The summed E-state index contributed by atoms with van der Waals surface area (Å²) in [5, 5.41) is 11.1. The predicted octanol–water partition coefficient (Wildman–Crippen LogP) is 4.36. The quantitative estimate of drug-likeness (QED) is 0.407. The molecule has 7 heteroatoms. The van der Waals surface area contributed by atoms with Crippen molar-refractivity contribution in [2.75, 3.05) is 6.61 Å². The van der Waals surface area contributed by atoms with Crippen LogP contribution >= 0.6 is 11.6 Å². The third kappa shape index (κ3) is 3.57. The van der Waals surface area contributed by atoms with E-state index < -0.39 is 11.6 Å². The number of hydrogen-bond donors (Lipinski definition) is 1. The monoisotopic (exact) mass is 385 g/mol. The van der Waals surface area contributed by atoms with E-state index in [2.05, 4.69) is 4.98 Å². The highest BCUT2D eigenvalue weighted by molar-refractivity contribution is 6.31. The lowest BCUT2D eigenvalue weighted by atomic mass is 9.96. The lowest BCUT2D eigenvalue weighted by molar-refractivity contribution is -0.136. The number of carbonyl (C=O) groups is 1. The molecule has 0 unspecified atom stereocenters. The number of allylic oxidation sites excluding steroid dienone is 1. The molecule has 0 saturated carbocycles. The number of pyridine rings is 1. The molecule has 1 N–H and O–H groups in total. The molecule has 0 atom stereocenters. The largest absolute Gasteiger partial charge is 0.512 e. The van der Waals surface area contributed by atoms with Crippen molar-refractivity contribution in [3.63, 3.8) is 0 Å². The third-order valence-electron chi connectivity index (χ3n) is 3.88. The van der Waals surface area contributed by atoms with Gasteiger partial charge in [-0.15, -0.1) is 0 Å². The van der Waals surface area contributed by atoms with Crippen molar-refractivity contribution in [1.82, 2.24) is 4.98 Å². The molecule has 1 aromatic carbocycles. The number of halogens is 1. The van der Waals surface area contributed by atoms with E-state index in [0.717, 1.165) is 0 Å². The number of carbonyl (C=O) groups excluding carboxylic acids is 1. The van der Waals surface area contributed by atoms with Crippen LogP contribution in [0.2, 0.25) is 5.02 Å². The summed E-state index contributed by atoms with van der Waals surface area (Å²) in [5.74, 6) is -0.942. The zero-order chi connectivity index (χ0) is 19.6. The molecule has 0 radical (unpaired) electrons. The van der Waals surface area contributed by atoms with Crippen molar-refractivity contribution in [2.45, 2.75) is 13.8 Å². The van der Waals surface area contributed by atoms with Gasteiger partial charge in [0.15, 0.2) is 5.76 Å². The van der Waals surface area contributed by atoms with E-state index in [4.69, 9.17) is 20.8 Å². The van der Waals surface area contributed by atoms with Crippen LogP contribution in [0.25, 0.3) is 27.8 Å². The number of hydrogen-bond acceptors (Lipinski definition) is 6. The molecule has 0 aliphatic heterocycles. The summed E-state index contributed by atoms with van der Waals surface area (Å²) in [4.78, 5) is 29.3.